The molecule has 2 rings (SSSR count). The molecule has 0 bridgehead atoms. The van der Waals surface area contributed by atoms with Gasteiger partial charge in [-0.2, -0.15) is 0 Å². The smallest absolute Gasteiger partial charge is 0.347 e. The van der Waals surface area contributed by atoms with Crippen LogP contribution >= 0.6 is 11.6 Å². The first-order chi connectivity index (χ1) is 10.5. The Morgan fingerprint density at radius 3 is 2.36 bits per heavy atom. The lowest BCUT2D eigenvalue weighted by molar-refractivity contribution is -0.114. The third-order valence-corrected chi connectivity index (χ3v) is 3.00. The summed E-state index contributed by atoms with van der Waals surface area (Å²) in [5.41, 5.74) is 0.855. The minimum Gasteiger partial charge on any atom is -0.496 e. The molecule has 0 aliphatic heterocycles. The van der Waals surface area contributed by atoms with E-state index in [1.54, 1.807) is 36.4 Å². The SMILES string of the molecule is COc1ccc(Cl)cc1C(=O)Oc1ccc(NC(C)=O)cc1. The van der Waals surface area contributed by atoms with E-state index >= 15 is 0 Å². The monoisotopic (exact) mass is 319 g/mol. The van der Waals surface area contributed by atoms with Crippen molar-refractivity contribution in [3.05, 3.63) is 53.1 Å². The highest BCUT2D eigenvalue weighted by molar-refractivity contribution is 6.31. The zero-order valence-electron chi connectivity index (χ0n) is 12.1. The van der Waals surface area contributed by atoms with Gasteiger partial charge in [0.15, 0.2) is 0 Å². The van der Waals surface area contributed by atoms with E-state index in [2.05, 4.69) is 5.32 Å². The summed E-state index contributed by atoms with van der Waals surface area (Å²) in [6.45, 7) is 1.42. The van der Waals surface area contributed by atoms with Crippen LogP contribution in [-0.4, -0.2) is 19.0 Å². The molecule has 2 aromatic rings. The Balaban J connectivity index is 2.15. The number of rotatable bonds is 4. The first-order valence-electron chi connectivity index (χ1n) is 6.43. The molecule has 2 aromatic carbocycles. The van der Waals surface area contributed by atoms with Crippen LogP contribution in [0.2, 0.25) is 5.02 Å². The summed E-state index contributed by atoms with van der Waals surface area (Å²) in [4.78, 5) is 23.1. The number of hydrogen-bond acceptors (Lipinski definition) is 4. The van der Waals surface area contributed by atoms with Gasteiger partial charge in [0.2, 0.25) is 5.91 Å². The van der Waals surface area contributed by atoms with E-state index < -0.39 is 5.97 Å². The number of benzene rings is 2. The summed E-state index contributed by atoms with van der Waals surface area (Å²) in [6, 6.07) is 11.1. The number of anilines is 1. The highest BCUT2D eigenvalue weighted by Gasteiger charge is 2.15. The maximum Gasteiger partial charge on any atom is 0.347 e. The van der Waals surface area contributed by atoms with E-state index in [1.807, 2.05) is 0 Å². The average Bonchev–Trinajstić information content (AvgIpc) is 2.48. The van der Waals surface area contributed by atoms with Crippen LogP contribution in [0.3, 0.4) is 0 Å². The lowest BCUT2D eigenvalue weighted by Gasteiger charge is -2.09. The van der Waals surface area contributed by atoms with E-state index in [1.165, 1.54) is 20.1 Å². The molecule has 0 radical (unpaired) electrons. The van der Waals surface area contributed by atoms with Crippen molar-refractivity contribution in [2.24, 2.45) is 0 Å². The van der Waals surface area contributed by atoms with E-state index in [0.29, 0.717) is 22.2 Å². The molecule has 0 aromatic heterocycles. The number of amides is 1. The van der Waals surface area contributed by atoms with Gasteiger partial charge >= 0.3 is 5.97 Å². The van der Waals surface area contributed by atoms with E-state index in [-0.39, 0.29) is 11.5 Å². The molecule has 0 atom stereocenters. The maximum atomic E-state index is 12.2. The fourth-order valence-electron chi connectivity index (χ4n) is 1.81. The molecule has 0 aliphatic carbocycles. The molecule has 0 fully saturated rings. The largest absolute Gasteiger partial charge is 0.496 e. The zero-order chi connectivity index (χ0) is 16.1. The predicted octanol–water partition coefficient (Wildman–Crippen LogP) is 3.53. The predicted molar refractivity (Wildman–Crippen MR) is 83.7 cm³/mol. The number of ether oxygens (including phenoxy) is 2. The first-order valence-corrected chi connectivity index (χ1v) is 6.81. The van der Waals surface area contributed by atoms with Crippen LogP contribution in [0.4, 0.5) is 5.69 Å². The maximum absolute atomic E-state index is 12.2. The zero-order valence-corrected chi connectivity index (χ0v) is 12.8. The lowest BCUT2D eigenvalue weighted by Crippen LogP contribution is -2.10. The summed E-state index contributed by atoms with van der Waals surface area (Å²) >= 11 is 5.89. The van der Waals surface area contributed by atoms with Gasteiger partial charge in [-0.05, 0) is 42.5 Å². The molecule has 22 heavy (non-hydrogen) atoms. The molecule has 6 heteroatoms. The van der Waals surface area contributed by atoms with E-state index in [0.717, 1.165) is 0 Å². The number of halogens is 1. The fraction of sp³-hybridized carbons (Fsp3) is 0.125. The number of carbonyl (C=O) groups is 2. The number of carbonyl (C=O) groups excluding carboxylic acids is 2. The minimum atomic E-state index is -0.577. The normalized spacial score (nSPS) is 9.95. The molecule has 5 nitrogen and oxygen atoms in total. The van der Waals surface area contributed by atoms with Crippen LogP contribution in [0.25, 0.3) is 0 Å². The Hall–Kier alpha value is -2.53. The van der Waals surface area contributed by atoms with Gasteiger partial charge in [0, 0.05) is 17.6 Å². The topological polar surface area (TPSA) is 64.6 Å². The van der Waals surface area contributed by atoms with Gasteiger partial charge in [0.05, 0.1) is 7.11 Å². The van der Waals surface area contributed by atoms with Crippen LogP contribution in [-0.2, 0) is 4.79 Å². The third-order valence-electron chi connectivity index (χ3n) is 2.77. The van der Waals surface area contributed by atoms with E-state index in [4.69, 9.17) is 21.1 Å². The second kappa shape index (κ2) is 6.95. The van der Waals surface area contributed by atoms with Crippen molar-refractivity contribution < 1.29 is 19.1 Å². The molecule has 0 saturated carbocycles. The lowest BCUT2D eigenvalue weighted by atomic mass is 10.2. The van der Waals surface area contributed by atoms with Gasteiger partial charge in [-0.3, -0.25) is 4.79 Å². The van der Waals surface area contributed by atoms with Crippen molar-refractivity contribution in [3.63, 3.8) is 0 Å². The van der Waals surface area contributed by atoms with Gasteiger partial charge in [-0.15, -0.1) is 0 Å². The van der Waals surface area contributed by atoms with Crippen molar-refractivity contribution in [2.75, 3.05) is 12.4 Å². The van der Waals surface area contributed by atoms with Gasteiger partial charge in [0.25, 0.3) is 0 Å². The quantitative estimate of drug-likeness (QED) is 0.691. The number of hydrogen-bond donors (Lipinski definition) is 1. The van der Waals surface area contributed by atoms with Crippen LogP contribution in [0, 0.1) is 0 Å². The molecule has 0 saturated heterocycles. The molecule has 114 valence electrons. The summed E-state index contributed by atoms with van der Waals surface area (Å²) in [5, 5.41) is 3.04. The Labute approximate surface area is 132 Å². The highest BCUT2D eigenvalue weighted by atomic mass is 35.5. The minimum absolute atomic E-state index is 0.173. The Bertz CT molecular complexity index is 698. The molecule has 1 N–H and O–H groups in total. The number of esters is 1. The van der Waals surface area contributed by atoms with Gasteiger partial charge in [0.1, 0.15) is 17.1 Å². The average molecular weight is 320 g/mol. The summed E-state index contributed by atoms with van der Waals surface area (Å²) in [5.74, 6) is -0.0227. The van der Waals surface area contributed by atoms with Crippen molar-refractivity contribution in [3.8, 4) is 11.5 Å². The molecule has 0 spiro atoms. The molecule has 0 aliphatic rings. The van der Waals surface area contributed by atoms with Crippen molar-refractivity contribution in [2.45, 2.75) is 6.92 Å². The Morgan fingerprint density at radius 2 is 1.77 bits per heavy atom. The second-order valence-electron chi connectivity index (χ2n) is 4.44. The van der Waals surface area contributed by atoms with Crippen LogP contribution < -0.4 is 14.8 Å². The first kappa shape index (κ1) is 15.9. The molecule has 0 unspecified atom stereocenters. The fourth-order valence-corrected chi connectivity index (χ4v) is 1.98. The van der Waals surface area contributed by atoms with Crippen LogP contribution in [0.15, 0.2) is 42.5 Å². The van der Waals surface area contributed by atoms with Gasteiger partial charge in [-0.1, -0.05) is 11.6 Å². The number of methoxy groups -OCH3 is 1. The second-order valence-corrected chi connectivity index (χ2v) is 4.88. The number of nitrogens with one attached hydrogen (secondary N) is 1. The Morgan fingerprint density at radius 1 is 1.09 bits per heavy atom. The van der Waals surface area contributed by atoms with E-state index in [9.17, 15) is 9.59 Å². The Kier molecular flexibility index (Phi) is 5.01. The molecular formula is C16H14ClNO4. The van der Waals surface area contributed by atoms with Crippen LogP contribution in [0.5, 0.6) is 11.5 Å². The third kappa shape index (κ3) is 3.99. The van der Waals surface area contributed by atoms with Crippen molar-refractivity contribution >= 4 is 29.2 Å². The summed E-state index contributed by atoms with van der Waals surface area (Å²) in [6.07, 6.45) is 0. The van der Waals surface area contributed by atoms with Gasteiger partial charge in [-0.25, -0.2) is 4.79 Å². The van der Waals surface area contributed by atoms with Crippen molar-refractivity contribution in [1.82, 2.24) is 0 Å². The molecule has 1 amide bonds. The highest BCUT2D eigenvalue weighted by Crippen LogP contribution is 2.25. The summed E-state index contributed by atoms with van der Waals surface area (Å²) < 4.78 is 10.4. The van der Waals surface area contributed by atoms with Crippen molar-refractivity contribution in [1.29, 1.82) is 0 Å². The van der Waals surface area contributed by atoms with Gasteiger partial charge < -0.3 is 14.8 Å². The molecular weight excluding hydrogens is 306 g/mol. The summed E-state index contributed by atoms with van der Waals surface area (Å²) in [7, 11) is 1.46. The van der Waals surface area contributed by atoms with Crippen LogP contribution in [0.1, 0.15) is 17.3 Å². The standard InChI is InChI=1S/C16H14ClNO4/c1-10(19)18-12-4-6-13(7-5-12)22-16(20)14-9-11(17)3-8-15(14)21-2/h3-9H,1-2H3,(H,18,19). The molecule has 0 heterocycles.